The van der Waals surface area contributed by atoms with Crippen molar-refractivity contribution in [1.82, 2.24) is 5.32 Å². The van der Waals surface area contributed by atoms with E-state index in [0.717, 1.165) is 18.0 Å². The quantitative estimate of drug-likeness (QED) is 0.624. The van der Waals surface area contributed by atoms with Crippen LogP contribution in [0.3, 0.4) is 0 Å². The third kappa shape index (κ3) is 5.25. The Bertz CT molecular complexity index is 337. The summed E-state index contributed by atoms with van der Waals surface area (Å²) >= 11 is 0. The molecular weight excluding hydrogens is 252 g/mol. The molecule has 7 nitrogen and oxygen atoms in total. The van der Waals surface area contributed by atoms with E-state index in [-0.39, 0.29) is 30.9 Å². The molecule has 0 aromatic carbocycles. The molecule has 1 fully saturated rings. The van der Waals surface area contributed by atoms with Crippen molar-refractivity contribution in [2.75, 3.05) is 33.4 Å². The number of hydrogen-bond donors (Lipinski definition) is 2. The number of quaternary nitrogens is 1. The van der Waals surface area contributed by atoms with Crippen LogP contribution in [0.1, 0.15) is 19.8 Å². The number of esters is 1. The largest absolute Gasteiger partial charge is 0.469 e. The van der Waals surface area contributed by atoms with Gasteiger partial charge in [-0.1, -0.05) is 0 Å². The molecule has 19 heavy (non-hydrogen) atoms. The average Bonchev–Trinajstić information content (AvgIpc) is 2.38. The first kappa shape index (κ1) is 15.4. The van der Waals surface area contributed by atoms with Crippen LogP contribution in [0.25, 0.3) is 0 Å². The lowest BCUT2D eigenvalue weighted by molar-refractivity contribution is -0.897. The summed E-state index contributed by atoms with van der Waals surface area (Å²) < 4.78 is 9.32. The van der Waals surface area contributed by atoms with Gasteiger partial charge in [-0.3, -0.25) is 14.9 Å². The van der Waals surface area contributed by atoms with Crippen LogP contribution in [0.2, 0.25) is 0 Å². The van der Waals surface area contributed by atoms with Crippen LogP contribution >= 0.6 is 0 Å². The van der Waals surface area contributed by atoms with Gasteiger partial charge in [0, 0.05) is 12.8 Å². The third-order valence-corrected chi connectivity index (χ3v) is 3.15. The van der Waals surface area contributed by atoms with Gasteiger partial charge < -0.3 is 14.4 Å². The molecule has 0 aromatic rings. The fourth-order valence-corrected chi connectivity index (χ4v) is 2.16. The third-order valence-electron chi connectivity index (χ3n) is 3.15. The SMILES string of the molecule is CCOC(=O)NC(=O)C[NH+]1CCC(C(=O)OC)CC1. The zero-order chi connectivity index (χ0) is 14.3. The number of piperidine rings is 1. The standard InChI is InChI=1S/C12H20N2O5/c1-3-19-12(17)13-10(15)8-14-6-4-9(5-7-14)11(16)18-2/h9H,3-8H2,1-2H3,(H,13,15,17)/p+1. The summed E-state index contributed by atoms with van der Waals surface area (Å²) in [5, 5.41) is 2.16. The second-order valence-electron chi connectivity index (χ2n) is 4.49. The van der Waals surface area contributed by atoms with Crippen LogP contribution in [0.15, 0.2) is 0 Å². The zero-order valence-electron chi connectivity index (χ0n) is 11.4. The summed E-state index contributed by atoms with van der Waals surface area (Å²) in [6.45, 7) is 3.56. The summed E-state index contributed by atoms with van der Waals surface area (Å²) in [7, 11) is 1.38. The molecule has 108 valence electrons. The van der Waals surface area contributed by atoms with E-state index < -0.39 is 6.09 Å². The van der Waals surface area contributed by atoms with Crippen LogP contribution in [-0.4, -0.2) is 51.3 Å². The highest BCUT2D eigenvalue weighted by atomic mass is 16.5. The molecule has 2 N–H and O–H groups in total. The van der Waals surface area contributed by atoms with Crippen molar-refractivity contribution in [1.29, 1.82) is 0 Å². The second-order valence-corrected chi connectivity index (χ2v) is 4.49. The van der Waals surface area contributed by atoms with Gasteiger partial charge in [0.05, 0.1) is 32.7 Å². The van der Waals surface area contributed by atoms with Crippen molar-refractivity contribution >= 4 is 18.0 Å². The van der Waals surface area contributed by atoms with Crippen molar-refractivity contribution in [3.05, 3.63) is 0 Å². The van der Waals surface area contributed by atoms with Gasteiger partial charge in [-0.05, 0) is 6.92 Å². The van der Waals surface area contributed by atoms with Gasteiger partial charge in [0.1, 0.15) is 0 Å². The van der Waals surface area contributed by atoms with E-state index in [1.165, 1.54) is 7.11 Å². The van der Waals surface area contributed by atoms with Crippen molar-refractivity contribution < 1.29 is 28.8 Å². The van der Waals surface area contributed by atoms with Crippen molar-refractivity contribution in [2.45, 2.75) is 19.8 Å². The van der Waals surface area contributed by atoms with E-state index in [4.69, 9.17) is 4.74 Å². The van der Waals surface area contributed by atoms with Gasteiger partial charge in [-0.15, -0.1) is 0 Å². The first-order chi connectivity index (χ1) is 9.06. The fourth-order valence-electron chi connectivity index (χ4n) is 2.16. The minimum atomic E-state index is -0.712. The highest BCUT2D eigenvalue weighted by molar-refractivity contribution is 5.92. The van der Waals surface area contributed by atoms with Gasteiger partial charge in [0.2, 0.25) is 0 Å². The molecule has 0 atom stereocenters. The summed E-state index contributed by atoms with van der Waals surface area (Å²) in [5.41, 5.74) is 0. The first-order valence-electron chi connectivity index (χ1n) is 6.44. The molecule has 0 bridgehead atoms. The van der Waals surface area contributed by atoms with Gasteiger partial charge in [-0.25, -0.2) is 4.79 Å². The molecule has 0 unspecified atom stereocenters. The molecule has 1 rings (SSSR count). The number of amides is 2. The van der Waals surface area contributed by atoms with Crippen molar-refractivity contribution in [2.24, 2.45) is 5.92 Å². The topological polar surface area (TPSA) is 86.1 Å². The Kier molecular flexibility index (Phi) is 6.27. The number of nitrogens with one attached hydrogen (secondary N) is 2. The van der Waals surface area contributed by atoms with Crippen LogP contribution < -0.4 is 10.2 Å². The zero-order valence-corrected chi connectivity index (χ0v) is 11.4. The van der Waals surface area contributed by atoms with E-state index in [2.05, 4.69) is 10.1 Å². The number of carbonyl (C=O) groups is 3. The molecule has 0 saturated carbocycles. The molecular formula is C12H21N2O5+. The molecule has 1 saturated heterocycles. The summed E-state index contributed by atoms with van der Waals surface area (Å²) in [6.07, 6.45) is 0.694. The predicted molar refractivity (Wildman–Crippen MR) is 65.5 cm³/mol. The normalized spacial score (nSPS) is 22.4. The molecule has 1 aliphatic rings. The van der Waals surface area contributed by atoms with Crippen LogP contribution in [0.5, 0.6) is 0 Å². The smallest absolute Gasteiger partial charge is 0.414 e. The Labute approximate surface area is 112 Å². The lowest BCUT2D eigenvalue weighted by Crippen LogP contribution is -3.14. The average molecular weight is 273 g/mol. The van der Waals surface area contributed by atoms with Crippen molar-refractivity contribution in [3.8, 4) is 0 Å². The maximum atomic E-state index is 11.5. The highest BCUT2D eigenvalue weighted by Gasteiger charge is 2.29. The molecule has 1 heterocycles. The van der Waals surface area contributed by atoms with Gasteiger partial charge >= 0.3 is 12.1 Å². The molecule has 1 aliphatic heterocycles. The maximum Gasteiger partial charge on any atom is 0.414 e. The van der Waals surface area contributed by atoms with E-state index in [1.807, 2.05) is 0 Å². The summed E-state index contributed by atoms with van der Waals surface area (Å²) in [4.78, 5) is 35.0. The van der Waals surface area contributed by atoms with Gasteiger partial charge in [0.25, 0.3) is 5.91 Å². The predicted octanol–water partition coefficient (Wildman–Crippen LogP) is -1.27. The number of likely N-dealkylation sites (tertiary alicyclic amines) is 1. The van der Waals surface area contributed by atoms with E-state index in [9.17, 15) is 14.4 Å². The Morgan fingerprint density at radius 3 is 2.42 bits per heavy atom. The van der Waals surface area contributed by atoms with Gasteiger partial charge in [0.15, 0.2) is 6.54 Å². The lowest BCUT2D eigenvalue weighted by Gasteiger charge is -2.27. The van der Waals surface area contributed by atoms with Crippen molar-refractivity contribution in [3.63, 3.8) is 0 Å². The summed E-state index contributed by atoms with van der Waals surface area (Å²) in [6, 6.07) is 0. The lowest BCUT2D eigenvalue weighted by atomic mass is 9.97. The monoisotopic (exact) mass is 273 g/mol. The van der Waals surface area contributed by atoms with E-state index >= 15 is 0 Å². The number of hydrogen-bond acceptors (Lipinski definition) is 5. The second kappa shape index (κ2) is 7.73. The highest BCUT2D eigenvalue weighted by Crippen LogP contribution is 2.10. The maximum absolute atomic E-state index is 11.5. The van der Waals surface area contributed by atoms with Crippen LogP contribution in [-0.2, 0) is 19.1 Å². The Morgan fingerprint density at radius 1 is 1.26 bits per heavy atom. The molecule has 2 amide bonds. The molecule has 0 aliphatic carbocycles. The van der Waals surface area contributed by atoms with Gasteiger partial charge in [-0.2, -0.15) is 0 Å². The Morgan fingerprint density at radius 2 is 1.89 bits per heavy atom. The first-order valence-corrected chi connectivity index (χ1v) is 6.44. The molecule has 0 radical (unpaired) electrons. The minimum absolute atomic E-state index is 0.0677. The molecule has 0 aromatic heterocycles. The Balaban J connectivity index is 2.27. The number of rotatable bonds is 4. The van der Waals surface area contributed by atoms with Crippen LogP contribution in [0.4, 0.5) is 4.79 Å². The number of carbonyl (C=O) groups excluding carboxylic acids is 3. The molecule has 0 spiro atoms. The number of methoxy groups -OCH3 is 1. The van der Waals surface area contributed by atoms with E-state index in [0.29, 0.717) is 12.8 Å². The van der Waals surface area contributed by atoms with E-state index in [1.54, 1.807) is 6.92 Å². The number of alkyl carbamates (subject to hydrolysis) is 1. The molecule has 7 heteroatoms. The fraction of sp³-hybridized carbons (Fsp3) is 0.750. The van der Waals surface area contributed by atoms with Crippen LogP contribution in [0, 0.1) is 5.92 Å². The summed E-state index contributed by atoms with van der Waals surface area (Å²) in [5.74, 6) is -0.609. The minimum Gasteiger partial charge on any atom is -0.469 e. The number of ether oxygens (including phenoxy) is 2. The number of imide groups is 1. The Hall–Kier alpha value is -1.63.